The van der Waals surface area contributed by atoms with Gasteiger partial charge in [0, 0.05) is 11.1 Å². The zero-order valence-electron chi connectivity index (χ0n) is 24.6. The van der Waals surface area contributed by atoms with Gasteiger partial charge in [0.2, 0.25) is 0 Å². The third kappa shape index (κ3) is 3.51. The molecular weight excluding hydrogens is 529 g/mol. The van der Waals surface area contributed by atoms with Crippen molar-refractivity contribution >= 4 is 12.6 Å². The number of para-hydroxylation sites is 2. The first-order valence-electron chi connectivity index (χ1n) is 14.8. The molecule has 0 amide bonds. The van der Waals surface area contributed by atoms with Crippen molar-refractivity contribution in [3.05, 3.63) is 137 Å². The summed E-state index contributed by atoms with van der Waals surface area (Å²) in [6.07, 6.45) is 0. The molecule has 8 rings (SSSR count). The number of nitrogens with zero attached hydrogens (tertiary/aromatic N) is 1. The summed E-state index contributed by atoms with van der Waals surface area (Å²) < 4.78 is 19.8. The fourth-order valence-corrected chi connectivity index (χ4v) is 7.05. The Morgan fingerprint density at radius 2 is 1.14 bits per heavy atom. The van der Waals surface area contributed by atoms with Crippen molar-refractivity contribution < 1.29 is 14.0 Å². The monoisotopic (exact) mass is 559 g/mol. The fourth-order valence-electron chi connectivity index (χ4n) is 7.05. The molecule has 43 heavy (non-hydrogen) atoms. The van der Waals surface area contributed by atoms with Gasteiger partial charge in [-0.2, -0.15) is 5.26 Å². The van der Waals surface area contributed by atoms with Crippen LogP contribution < -0.4 is 10.2 Å². The summed E-state index contributed by atoms with van der Waals surface area (Å²) in [7, 11) is -0.557. The van der Waals surface area contributed by atoms with E-state index >= 15 is 0 Å². The van der Waals surface area contributed by atoms with Crippen molar-refractivity contribution in [2.75, 3.05) is 0 Å². The van der Waals surface area contributed by atoms with E-state index in [9.17, 15) is 5.26 Å². The van der Waals surface area contributed by atoms with E-state index in [1.165, 1.54) is 16.7 Å². The normalized spacial score (nSPS) is 17.8. The van der Waals surface area contributed by atoms with Gasteiger partial charge in [0.1, 0.15) is 11.5 Å². The number of hydrogen-bond acceptors (Lipinski definition) is 4. The van der Waals surface area contributed by atoms with E-state index in [1.54, 1.807) is 0 Å². The fraction of sp³-hybridized carbons (Fsp3) is 0.184. The highest BCUT2D eigenvalue weighted by Crippen LogP contribution is 2.62. The van der Waals surface area contributed by atoms with Crippen LogP contribution in [-0.2, 0) is 14.7 Å². The Balaban J connectivity index is 1.48. The van der Waals surface area contributed by atoms with Gasteiger partial charge in [-0.25, -0.2) is 0 Å². The molecule has 3 aliphatic rings. The Kier molecular flexibility index (Phi) is 5.41. The maximum absolute atomic E-state index is 9.52. The lowest BCUT2D eigenvalue weighted by atomic mass is 9.64. The second-order valence-electron chi connectivity index (χ2n) is 12.7. The molecule has 208 valence electrons. The van der Waals surface area contributed by atoms with Crippen LogP contribution in [0.5, 0.6) is 11.5 Å². The minimum atomic E-state index is -0.576. The lowest BCUT2D eigenvalue weighted by molar-refractivity contribution is 0.00578. The second kappa shape index (κ2) is 8.94. The first kappa shape index (κ1) is 26.0. The van der Waals surface area contributed by atoms with Gasteiger partial charge in [0.05, 0.1) is 28.2 Å². The van der Waals surface area contributed by atoms with Crippen LogP contribution in [0.1, 0.15) is 55.5 Å². The summed E-state index contributed by atoms with van der Waals surface area (Å²) in [5.41, 5.74) is 9.07. The molecule has 0 atom stereocenters. The Labute approximate surface area is 252 Å². The first-order chi connectivity index (χ1) is 20.7. The van der Waals surface area contributed by atoms with Crippen LogP contribution in [0, 0.1) is 11.3 Å². The quantitative estimate of drug-likeness (QED) is 0.202. The molecule has 2 aliphatic heterocycles. The predicted octanol–water partition coefficient (Wildman–Crippen LogP) is 7.99. The van der Waals surface area contributed by atoms with Crippen LogP contribution >= 0.6 is 0 Å². The highest BCUT2D eigenvalue weighted by molar-refractivity contribution is 6.64. The van der Waals surface area contributed by atoms with Crippen LogP contribution in [0.3, 0.4) is 0 Å². The van der Waals surface area contributed by atoms with Crippen molar-refractivity contribution in [3.8, 4) is 39.8 Å². The van der Waals surface area contributed by atoms with Crippen molar-refractivity contribution in [2.45, 2.75) is 44.3 Å². The topological polar surface area (TPSA) is 51.5 Å². The van der Waals surface area contributed by atoms with E-state index in [2.05, 4.69) is 107 Å². The van der Waals surface area contributed by atoms with Crippen LogP contribution in [-0.4, -0.2) is 18.3 Å². The largest absolute Gasteiger partial charge is 0.495 e. The number of ether oxygens (including phenoxy) is 1. The van der Waals surface area contributed by atoms with Gasteiger partial charge in [0.25, 0.3) is 0 Å². The third-order valence-electron chi connectivity index (χ3n) is 9.85. The molecule has 0 aromatic heterocycles. The Bertz CT molecular complexity index is 1920. The predicted molar refractivity (Wildman–Crippen MR) is 170 cm³/mol. The molecule has 5 aromatic carbocycles. The van der Waals surface area contributed by atoms with Gasteiger partial charge in [0.15, 0.2) is 0 Å². The maximum atomic E-state index is 9.52. The van der Waals surface area contributed by atoms with Gasteiger partial charge in [-0.05, 0) is 96.9 Å². The maximum Gasteiger partial charge on any atom is 0.495 e. The molecule has 0 radical (unpaired) electrons. The summed E-state index contributed by atoms with van der Waals surface area (Å²) in [6, 6.07) is 40.2. The number of nitriles is 1. The molecule has 1 fully saturated rings. The van der Waals surface area contributed by atoms with E-state index in [-0.39, 0.29) is 0 Å². The molecule has 1 saturated heterocycles. The average Bonchev–Trinajstić information content (AvgIpc) is 3.42. The lowest BCUT2D eigenvalue weighted by Crippen LogP contribution is -2.41. The number of benzene rings is 5. The molecule has 4 nitrogen and oxygen atoms in total. The van der Waals surface area contributed by atoms with Crippen LogP contribution in [0.15, 0.2) is 109 Å². The SMILES string of the molecule is CC1(C)OB(c2cc3c(cc2-c2ccc(C#N)cc2)C2(c4ccccc4Oc4ccccc42)c2ccccc2-3)OC1(C)C. The van der Waals surface area contributed by atoms with E-state index in [1.807, 2.05) is 36.4 Å². The van der Waals surface area contributed by atoms with Gasteiger partial charge in [-0.15, -0.1) is 0 Å². The summed E-state index contributed by atoms with van der Waals surface area (Å²) >= 11 is 0. The Morgan fingerprint density at radius 1 is 0.581 bits per heavy atom. The molecule has 0 bridgehead atoms. The molecule has 5 aromatic rings. The van der Waals surface area contributed by atoms with Crippen LogP contribution in [0.4, 0.5) is 0 Å². The Morgan fingerprint density at radius 3 is 1.74 bits per heavy atom. The average molecular weight is 559 g/mol. The number of rotatable bonds is 2. The second-order valence-corrected chi connectivity index (χ2v) is 12.7. The van der Waals surface area contributed by atoms with Crippen molar-refractivity contribution in [1.29, 1.82) is 5.26 Å². The van der Waals surface area contributed by atoms with E-state index in [0.29, 0.717) is 5.56 Å². The zero-order chi connectivity index (χ0) is 29.6. The Hall–Kier alpha value is -4.63. The van der Waals surface area contributed by atoms with Crippen LogP contribution in [0.25, 0.3) is 22.3 Å². The molecule has 0 unspecified atom stereocenters. The standard InChI is InChI=1S/C38H30BNO3/c1-36(2)37(3,4)43-39(42-36)33-22-28-26-11-5-6-12-29(26)38(32(28)21-27(33)25-19-17-24(23-40)18-20-25)30-13-7-9-15-34(30)41-35-16-10-8-14-31(35)38/h5-22H,1-4H3. The summed E-state index contributed by atoms with van der Waals surface area (Å²) in [6.45, 7) is 8.34. The molecule has 0 saturated carbocycles. The van der Waals surface area contributed by atoms with Gasteiger partial charge >= 0.3 is 7.12 Å². The summed E-state index contributed by atoms with van der Waals surface area (Å²) in [5.74, 6) is 1.72. The van der Waals surface area contributed by atoms with Gasteiger partial charge in [-0.1, -0.05) is 78.9 Å². The molecule has 5 heteroatoms. The molecule has 1 spiro atoms. The van der Waals surface area contributed by atoms with E-state index < -0.39 is 23.7 Å². The van der Waals surface area contributed by atoms with Gasteiger partial charge < -0.3 is 14.0 Å². The minimum absolute atomic E-state index is 0.490. The van der Waals surface area contributed by atoms with Gasteiger partial charge in [-0.3, -0.25) is 0 Å². The van der Waals surface area contributed by atoms with E-state index in [4.69, 9.17) is 14.0 Å². The third-order valence-corrected chi connectivity index (χ3v) is 9.85. The first-order valence-corrected chi connectivity index (χ1v) is 14.8. The van der Waals surface area contributed by atoms with Crippen molar-refractivity contribution in [2.24, 2.45) is 0 Å². The van der Waals surface area contributed by atoms with E-state index in [0.717, 1.165) is 44.8 Å². The highest BCUT2D eigenvalue weighted by atomic mass is 16.7. The van der Waals surface area contributed by atoms with Crippen molar-refractivity contribution in [3.63, 3.8) is 0 Å². The summed E-state index contributed by atoms with van der Waals surface area (Å²) in [4.78, 5) is 0. The zero-order valence-corrected chi connectivity index (χ0v) is 24.6. The van der Waals surface area contributed by atoms with Crippen LogP contribution in [0.2, 0.25) is 0 Å². The molecule has 0 N–H and O–H groups in total. The number of hydrogen-bond donors (Lipinski definition) is 0. The highest BCUT2D eigenvalue weighted by Gasteiger charge is 2.55. The molecule has 2 heterocycles. The molecule has 1 aliphatic carbocycles. The lowest BCUT2D eigenvalue weighted by Gasteiger charge is -2.39. The number of fused-ring (bicyclic) bond motifs is 9. The van der Waals surface area contributed by atoms with Crippen molar-refractivity contribution in [1.82, 2.24) is 0 Å². The smallest absolute Gasteiger partial charge is 0.457 e. The minimum Gasteiger partial charge on any atom is -0.457 e. The summed E-state index contributed by atoms with van der Waals surface area (Å²) in [5, 5.41) is 9.52. The molecular formula is C38H30BNO3.